The highest BCUT2D eigenvalue weighted by Crippen LogP contribution is 2.16. The van der Waals surface area contributed by atoms with Crippen molar-refractivity contribution in [2.45, 2.75) is 18.9 Å². The van der Waals surface area contributed by atoms with Gasteiger partial charge in [-0.1, -0.05) is 12.1 Å². The number of halogens is 1. The van der Waals surface area contributed by atoms with Gasteiger partial charge in [-0.3, -0.25) is 4.98 Å². The smallest absolute Gasteiger partial charge is 0.123 e. The molecule has 1 unspecified atom stereocenters. The molecule has 0 aliphatic heterocycles. The van der Waals surface area contributed by atoms with E-state index < -0.39 is 0 Å². The Balaban J connectivity index is 1.93. The quantitative estimate of drug-likeness (QED) is 0.877. The lowest BCUT2D eigenvalue weighted by Crippen LogP contribution is -2.11. The third-order valence-electron chi connectivity index (χ3n) is 2.79. The predicted molar refractivity (Wildman–Crippen MR) is 65.9 cm³/mol. The molecular weight excluding hydrogens is 215 g/mol. The summed E-state index contributed by atoms with van der Waals surface area (Å²) in [6.07, 6.45) is 5.30. The molecule has 0 saturated heterocycles. The molecule has 2 rings (SSSR count). The summed E-state index contributed by atoms with van der Waals surface area (Å²) in [5.74, 6) is -0.227. The summed E-state index contributed by atoms with van der Waals surface area (Å²) in [5.41, 5.74) is 8.25. The summed E-state index contributed by atoms with van der Waals surface area (Å²) in [5, 5.41) is 0. The van der Waals surface area contributed by atoms with Crippen molar-refractivity contribution in [3.8, 4) is 0 Å². The molecular formula is C14H15FN2. The second kappa shape index (κ2) is 5.55. The Morgan fingerprint density at radius 3 is 2.35 bits per heavy atom. The normalized spacial score (nSPS) is 12.4. The van der Waals surface area contributed by atoms with Gasteiger partial charge in [-0.05, 0) is 48.2 Å². The summed E-state index contributed by atoms with van der Waals surface area (Å²) in [6.45, 7) is 0. The van der Waals surface area contributed by atoms with E-state index in [4.69, 9.17) is 5.73 Å². The minimum absolute atomic E-state index is 0.0521. The molecule has 1 aromatic heterocycles. The van der Waals surface area contributed by atoms with Crippen molar-refractivity contribution >= 4 is 0 Å². The van der Waals surface area contributed by atoms with E-state index in [1.54, 1.807) is 24.5 Å². The summed E-state index contributed by atoms with van der Waals surface area (Å²) < 4.78 is 12.8. The average molecular weight is 230 g/mol. The van der Waals surface area contributed by atoms with Crippen molar-refractivity contribution in [2.24, 2.45) is 5.73 Å². The molecule has 2 N–H and O–H groups in total. The van der Waals surface area contributed by atoms with E-state index in [1.807, 2.05) is 12.1 Å². The van der Waals surface area contributed by atoms with Crippen LogP contribution in [0, 0.1) is 5.82 Å². The van der Waals surface area contributed by atoms with Crippen molar-refractivity contribution < 1.29 is 4.39 Å². The lowest BCUT2D eigenvalue weighted by Gasteiger charge is -2.11. The van der Waals surface area contributed by atoms with Crippen LogP contribution in [0.25, 0.3) is 0 Å². The Morgan fingerprint density at radius 1 is 1.06 bits per heavy atom. The first-order valence-electron chi connectivity index (χ1n) is 5.65. The highest BCUT2D eigenvalue weighted by Gasteiger charge is 2.06. The van der Waals surface area contributed by atoms with Crippen LogP contribution in [0.4, 0.5) is 4.39 Å². The minimum Gasteiger partial charge on any atom is -0.324 e. The van der Waals surface area contributed by atoms with Crippen LogP contribution in [-0.4, -0.2) is 4.98 Å². The highest BCUT2D eigenvalue weighted by molar-refractivity contribution is 5.20. The number of aromatic nitrogens is 1. The number of aryl methyl sites for hydroxylation is 1. The van der Waals surface area contributed by atoms with Gasteiger partial charge in [-0.15, -0.1) is 0 Å². The molecule has 2 aromatic rings. The van der Waals surface area contributed by atoms with Gasteiger partial charge in [0.25, 0.3) is 0 Å². The van der Waals surface area contributed by atoms with Crippen molar-refractivity contribution in [2.75, 3.05) is 0 Å². The highest BCUT2D eigenvalue weighted by atomic mass is 19.1. The van der Waals surface area contributed by atoms with Gasteiger partial charge in [0.1, 0.15) is 5.82 Å². The van der Waals surface area contributed by atoms with Crippen molar-refractivity contribution in [3.63, 3.8) is 0 Å². The van der Waals surface area contributed by atoms with Gasteiger partial charge in [0, 0.05) is 18.4 Å². The maximum absolute atomic E-state index is 12.8. The third-order valence-corrected chi connectivity index (χ3v) is 2.79. The fraction of sp³-hybridized carbons (Fsp3) is 0.214. The average Bonchev–Trinajstić information content (AvgIpc) is 2.38. The molecule has 0 bridgehead atoms. The standard InChI is InChI=1S/C14H15FN2/c15-13-4-2-12(3-5-13)14(16)6-1-11-7-9-17-10-8-11/h2-5,7-10,14H,1,6,16H2. The number of rotatable bonds is 4. The first-order valence-corrected chi connectivity index (χ1v) is 5.65. The van der Waals surface area contributed by atoms with Gasteiger partial charge in [-0.2, -0.15) is 0 Å². The van der Waals surface area contributed by atoms with Crippen LogP contribution in [0.5, 0.6) is 0 Å². The largest absolute Gasteiger partial charge is 0.324 e. The van der Waals surface area contributed by atoms with Gasteiger partial charge < -0.3 is 5.73 Å². The van der Waals surface area contributed by atoms with E-state index in [2.05, 4.69) is 4.98 Å². The molecule has 1 heterocycles. The molecule has 0 radical (unpaired) electrons. The first kappa shape index (κ1) is 11.7. The lowest BCUT2D eigenvalue weighted by atomic mass is 10.0. The maximum atomic E-state index is 12.8. The van der Waals surface area contributed by atoms with Crippen molar-refractivity contribution in [1.29, 1.82) is 0 Å². The molecule has 2 nitrogen and oxygen atoms in total. The van der Waals surface area contributed by atoms with Gasteiger partial charge >= 0.3 is 0 Å². The Kier molecular flexibility index (Phi) is 3.83. The SMILES string of the molecule is NC(CCc1ccncc1)c1ccc(F)cc1. The van der Waals surface area contributed by atoms with E-state index >= 15 is 0 Å². The minimum atomic E-state index is -0.227. The summed E-state index contributed by atoms with van der Waals surface area (Å²) >= 11 is 0. The van der Waals surface area contributed by atoms with Crippen LogP contribution >= 0.6 is 0 Å². The van der Waals surface area contributed by atoms with Gasteiger partial charge in [0.05, 0.1) is 0 Å². The first-order chi connectivity index (χ1) is 8.25. The monoisotopic (exact) mass is 230 g/mol. The van der Waals surface area contributed by atoms with E-state index in [0.29, 0.717) is 0 Å². The number of benzene rings is 1. The van der Waals surface area contributed by atoms with Crippen LogP contribution in [0.15, 0.2) is 48.8 Å². The Morgan fingerprint density at radius 2 is 1.71 bits per heavy atom. The van der Waals surface area contributed by atoms with E-state index in [1.165, 1.54) is 17.7 Å². The molecule has 1 atom stereocenters. The fourth-order valence-electron chi connectivity index (χ4n) is 1.75. The Labute approximate surface area is 100 Å². The Hall–Kier alpha value is -1.74. The number of nitrogens with two attached hydrogens (primary N) is 1. The number of hydrogen-bond acceptors (Lipinski definition) is 2. The van der Waals surface area contributed by atoms with Crippen LogP contribution in [0.1, 0.15) is 23.6 Å². The zero-order valence-corrected chi connectivity index (χ0v) is 9.51. The van der Waals surface area contributed by atoms with Crippen LogP contribution in [-0.2, 0) is 6.42 Å². The topological polar surface area (TPSA) is 38.9 Å². The summed E-state index contributed by atoms with van der Waals surface area (Å²) in [4.78, 5) is 3.97. The maximum Gasteiger partial charge on any atom is 0.123 e. The zero-order valence-electron chi connectivity index (χ0n) is 9.51. The molecule has 17 heavy (non-hydrogen) atoms. The molecule has 88 valence electrons. The lowest BCUT2D eigenvalue weighted by molar-refractivity contribution is 0.619. The third kappa shape index (κ3) is 3.36. The predicted octanol–water partition coefficient (Wildman–Crippen LogP) is 2.85. The Bertz CT molecular complexity index is 453. The van der Waals surface area contributed by atoms with Crippen molar-refractivity contribution in [3.05, 3.63) is 65.7 Å². The van der Waals surface area contributed by atoms with Crippen LogP contribution < -0.4 is 5.73 Å². The molecule has 0 spiro atoms. The number of pyridine rings is 1. The van der Waals surface area contributed by atoms with Gasteiger partial charge in [-0.25, -0.2) is 4.39 Å². The molecule has 0 aliphatic rings. The van der Waals surface area contributed by atoms with E-state index in [0.717, 1.165) is 18.4 Å². The molecule has 0 fully saturated rings. The summed E-state index contributed by atoms with van der Waals surface area (Å²) in [7, 11) is 0. The van der Waals surface area contributed by atoms with E-state index in [-0.39, 0.29) is 11.9 Å². The molecule has 1 aromatic carbocycles. The van der Waals surface area contributed by atoms with Crippen molar-refractivity contribution in [1.82, 2.24) is 4.98 Å². The van der Waals surface area contributed by atoms with Gasteiger partial charge in [0.15, 0.2) is 0 Å². The molecule has 0 aliphatic carbocycles. The molecule has 0 saturated carbocycles. The van der Waals surface area contributed by atoms with E-state index in [9.17, 15) is 4.39 Å². The molecule has 0 amide bonds. The van der Waals surface area contributed by atoms with Crippen LogP contribution in [0.2, 0.25) is 0 Å². The van der Waals surface area contributed by atoms with Crippen LogP contribution in [0.3, 0.4) is 0 Å². The molecule has 3 heteroatoms. The zero-order chi connectivity index (χ0) is 12.1. The summed E-state index contributed by atoms with van der Waals surface area (Å²) in [6, 6.07) is 10.3. The number of hydrogen-bond donors (Lipinski definition) is 1. The number of nitrogens with zero attached hydrogens (tertiary/aromatic N) is 1. The second-order valence-electron chi connectivity index (χ2n) is 4.05. The fourth-order valence-corrected chi connectivity index (χ4v) is 1.75. The van der Waals surface area contributed by atoms with Gasteiger partial charge in [0.2, 0.25) is 0 Å². The second-order valence-corrected chi connectivity index (χ2v) is 4.05.